The number of hydrogen-bond acceptors (Lipinski definition) is 5. The van der Waals surface area contributed by atoms with Crippen molar-refractivity contribution in [3.8, 4) is 17.2 Å². The van der Waals surface area contributed by atoms with Gasteiger partial charge in [-0.3, -0.25) is 9.79 Å². The Morgan fingerprint density at radius 1 is 1.12 bits per heavy atom. The molecule has 0 saturated heterocycles. The lowest BCUT2D eigenvalue weighted by molar-refractivity contribution is 0.136. The maximum Gasteiger partial charge on any atom is 0.524 e. The van der Waals surface area contributed by atoms with Crippen molar-refractivity contribution in [3.05, 3.63) is 53.6 Å². The van der Waals surface area contributed by atoms with Crippen molar-refractivity contribution in [3.63, 3.8) is 0 Å². The van der Waals surface area contributed by atoms with E-state index in [9.17, 15) is 19.9 Å². The fourth-order valence-corrected chi connectivity index (χ4v) is 3.05. The van der Waals surface area contributed by atoms with Crippen LogP contribution in [0.4, 0.5) is 0 Å². The van der Waals surface area contributed by atoms with Crippen LogP contribution in [-0.4, -0.2) is 25.1 Å². The number of phosphoric ester groups is 1. The lowest BCUT2D eigenvalue weighted by atomic mass is 9.86. The van der Waals surface area contributed by atoms with E-state index in [4.69, 9.17) is 9.79 Å². The zero-order valence-corrected chi connectivity index (χ0v) is 13.8. The van der Waals surface area contributed by atoms with Gasteiger partial charge < -0.3 is 19.8 Å². The zero-order valence-electron chi connectivity index (χ0n) is 12.9. The molecule has 0 aliphatic rings. The van der Waals surface area contributed by atoms with Gasteiger partial charge >= 0.3 is 7.82 Å². The summed E-state index contributed by atoms with van der Waals surface area (Å²) in [5.74, 6) is -1.13. The highest BCUT2D eigenvalue weighted by molar-refractivity contribution is 7.46. The number of hydrogen-bond donors (Lipinski definition) is 5. The molecule has 7 nitrogen and oxygen atoms in total. The quantitative estimate of drug-likeness (QED) is 0.505. The first-order valence-corrected chi connectivity index (χ1v) is 8.80. The molecule has 2 unspecified atom stereocenters. The molecular weight excluding hydrogens is 335 g/mol. The first kappa shape index (κ1) is 18.3. The molecule has 130 valence electrons. The molecular formula is C16H19O7P. The zero-order chi connectivity index (χ0) is 17.9. The summed E-state index contributed by atoms with van der Waals surface area (Å²) in [5.41, 5.74) is 0.506. The van der Waals surface area contributed by atoms with Gasteiger partial charge in [-0.1, -0.05) is 25.1 Å². The summed E-state index contributed by atoms with van der Waals surface area (Å²) in [5, 5.41) is 30.4. The van der Waals surface area contributed by atoms with Gasteiger partial charge in [-0.15, -0.1) is 0 Å². The standard InChI is InChI=1S/C16H19O7P/c1-2-12(10-5-3-6-11(17)9-10)16(19)15-13(18)7-4-8-14(15)23-24(20,21)22/h3-9,12,16-19H,2H2,1H3,(H2,20,21,22). The van der Waals surface area contributed by atoms with Crippen molar-refractivity contribution >= 4 is 7.82 Å². The van der Waals surface area contributed by atoms with Gasteiger partial charge in [0.05, 0.1) is 11.7 Å². The Labute approximate surface area is 139 Å². The third-order valence-corrected chi connectivity index (χ3v) is 4.11. The molecule has 8 heteroatoms. The summed E-state index contributed by atoms with van der Waals surface area (Å²) < 4.78 is 15.7. The summed E-state index contributed by atoms with van der Waals surface area (Å²) >= 11 is 0. The molecule has 0 amide bonds. The van der Waals surface area contributed by atoms with E-state index in [-0.39, 0.29) is 22.8 Å². The van der Waals surface area contributed by atoms with E-state index in [1.807, 2.05) is 0 Å². The Morgan fingerprint density at radius 2 is 1.79 bits per heavy atom. The second kappa shape index (κ2) is 7.23. The number of aromatic hydroxyl groups is 2. The second-order valence-corrected chi connectivity index (χ2v) is 6.49. The van der Waals surface area contributed by atoms with Crippen molar-refractivity contribution in [2.45, 2.75) is 25.4 Å². The number of phenolic OH excluding ortho intramolecular Hbond substituents is 2. The minimum absolute atomic E-state index is 0.0297. The third kappa shape index (κ3) is 4.27. The largest absolute Gasteiger partial charge is 0.524 e. The van der Waals surface area contributed by atoms with E-state index in [0.717, 1.165) is 0 Å². The van der Waals surface area contributed by atoms with Crippen LogP contribution in [0, 0.1) is 0 Å². The molecule has 0 heterocycles. The summed E-state index contributed by atoms with van der Waals surface area (Å²) in [4.78, 5) is 18.0. The van der Waals surface area contributed by atoms with E-state index < -0.39 is 19.8 Å². The molecule has 0 aromatic heterocycles. The highest BCUT2D eigenvalue weighted by Gasteiger charge is 2.29. The molecule has 2 atom stereocenters. The number of aliphatic hydroxyl groups is 1. The lowest BCUT2D eigenvalue weighted by Gasteiger charge is -2.25. The average Bonchev–Trinajstić information content (AvgIpc) is 2.46. The molecule has 2 aromatic carbocycles. The van der Waals surface area contributed by atoms with Crippen LogP contribution in [0.25, 0.3) is 0 Å². The maximum absolute atomic E-state index is 11.1. The first-order chi connectivity index (χ1) is 11.2. The molecule has 0 aliphatic carbocycles. The molecule has 5 N–H and O–H groups in total. The second-order valence-electron chi connectivity index (χ2n) is 5.33. The molecule has 0 aliphatic heterocycles. The molecule has 2 rings (SSSR count). The lowest BCUT2D eigenvalue weighted by Crippen LogP contribution is -2.12. The minimum atomic E-state index is -4.85. The summed E-state index contributed by atoms with van der Waals surface area (Å²) in [6.07, 6.45) is -0.839. The van der Waals surface area contributed by atoms with Crippen LogP contribution >= 0.6 is 7.82 Å². The van der Waals surface area contributed by atoms with Gasteiger partial charge in [-0.2, -0.15) is 0 Å². The topological polar surface area (TPSA) is 127 Å². The van der Waals surface area contributed by atoms with Crippen LogP contribution in [0.3, 0.4) is 0 Å². The van der Waals surface area contributed by atoms with Crippen molar-refractivity contribution in [1.82, 2.24) is 0 Å². The maximum atomic E-state index is 11.1. The summed E-state index contributed by atoms with van der Waals surface area (Å²) in [6, 6.07) is 10.2. The molecule has 24 heavy (non-hydrogen) atoms. The van der Waals surface area contributed by atoms with Gasteiger partial charge in [0.1, 0.15) is 17.2 Å². The van der Waals surface area contributed by atoms with Crippen LogP contribution in [0.2, 0.25) is 0 Å². The van der Waals surface area contributed by atoms with E-state index >= 15 is 0 Å². The van der Waals surface area contributed by atoms with Gasteiger partial charge in [0, 0.05) is 5.92 Å². The molecule has 2 aromatic rings. The highest BCUT2D eigenvalue weighted by Crippen LogP contribution is 2.47. The van der Waals surface area contributed by atoms with Crippen molar-refractivity contribution < 1.29 is 34.2 Å². The molecule has 0 saturated carbocycles. The Kier molecular flexibility index (Phi) is 5.51. The van der Waals surface area contributed by atoms with Gasteiger partial charge in [-0.05, 0) is 36.2 Å². The van der Waals surface area contributed by atoms with E-state index in [1.165, 1.54) is 30.3 Å². The molecule has 0 bridgehead atoms. The Bertz CT molecular complexity index is 756. The van der Waals surface area contributed by atoms with Gasteiger partial charge in [-0.25, -0.2) is 4.57 Å². The van der Waals surface area contributed by atoms with E-state index in [2.05, 4.69) is 4.52 Å². The minimum Gasteiger partial charge on any atom is -0.508 e. The molecule has 0 spiro atoms. The van der Waals surface area contributed by atoms with Crippen LogP contribution in [-0.2, 0) is 4.57 Å². The van der Waals surface area contributed by atoms with Crippen LogP contribution < -0.4 is 4.52 Å². The Balaban J connectivity index is 2.47. The van der Waals surface area contributed by atoms with E-state index in [0.29, 0.717) is 12.0 Å². The Morgan fingerprint density at radius 3 is 2.38 bits per heavy atom. The average molecular weight is 354 g/mol. The number of phosphoric acid groups is 1. The van der Waals surface area contributed by atoms with Crippen LogP contribution in [0.1, 0.15) is 36.5 Å². The van der Waals surface area contributed by atoms with Crippen molar-refractivity contribution in [2.24, 2.45) is 0 Å². The highest BCUT2D eigenvalue weighted by atomic mass is 31.2. The SMILES string of the molecule is CCC(c1cccc(O)c1)C(O)c1c(O)cccc1OP(=O)(O)O. The van der Waals surface area contributed by atoms with E-state index in [1.54, 1.807) is 19.1 Å². The van der Waals surface area contributed by atoms with Gasteiger partial charge in [0.2, 0.25) is 0 Å². The summed E-state index contributed by atoms with van der Waals surface area (Å²) in [6.45, 7) is 1.81. The van der Waals surface area contributed by atoms with Gasteiger partial charge in [0.25, 0.3) is 0 Å². The van der Waals surface area contributed by atoms with Crippen molar-refractivity contribution in [2.75, 3.05) is 0 Å². The van der Waals surface area contributed by atoms with Crippen LogP contribution in [0.15, 0.2) is 42.5 Å². The number of aliphatic hydroxyl groups excluding tert-OH is 1. The number of benzene rings is 2. The third-order valence-electron chi connectivity index (χ3n) is 3.68. The fourth-order valence-electron chi connectivity index (χ4n) is 2.64. The van der Waals surface area contributed by atoms with Gasteiger partial charge in [0.15, 0.2) is 0 Å². The monoisotopic (exact) mass is 354 g/mol. The smallest absolute Gasteiger partial charge is 0.508 e. The van der Waals surface area contributed by atoms with Crippen LogP contribution in [0.5, 0.6) is 17.2 Å². The normalized spacial score (nSPS) is 14.2. The predicted molar refractivity (Wildman–Crippen MR) is 86.9 cm³/mol. The molecule has 0 radical (unpaired) electrons. The fraction of sp³-hybridized carbons (Fsp3) is 0.250. The van der Waals surface area contributed by atoms with Crippen molar-refractivity contribution in [1.29, 1.82) is 0 Å². The number of rotatable bonds is 6. The molecule has 0 fully saturated rings. The number of phenols is 2. The Hall–Kier alpha value is -2.05. The summed E-state index contributed by atoms with van der Waals surface area (Å²) in [7, 11) is -4.85. The predicted octanol–water partition coefficient (Wildman–Crippen LogP) is 2.80. The first-order valence-electron chi connectivity index (χ1n) is 7.27.